The predicted octanol–water partition coefficient (Wildman–Crippen LogP) is 4.58. The lowest BCUT2D eigenvalue weighted by atomic mass is 10.1. The van der Waals surface area contributed by atoms with E-state index in [4.69, 9.17) is 16.3 Å². The number of fused-ring (bicyclic) bond motifs is 1. The van der Waals surface area contributed by atoms with Crippen molar-refractivity contribution >= 4 is 45.9 Å². The van der Waals surface area contributed by atoms with Gasteiger partial charge in [-0.25, -0.2) is 4.98 Å². The fourth-order valence-corrected chi connectivity index (χ4v) is 4.61. The number of carbonyl (C=O) groups is 1. The van der Waals surface area contributed by atoms with Crippen LogP contribution in [-0.4, -0.2) is 33.9 Å². The van der Waals surface area contributed by atoms with Gasteiger partial charge in [0, 0.05) is 17.3 Å². The van der Waals surface area contributed by atoms with Crippen molar-refractivity contribution in [1.82, 2.24) is 9.55 Å². The lowest BCUT2D eigenvalue weighted by Gasteiger charge is -2.16. The summed E-state index contributed by atoms with van der Waals surface area (Å²) in [5.41, 5.74) is 3.33. The van der Waals surface area contributed by atoms with Crippen LogP contribution in [0.3, 0.4) is 0 Å². The smallest absolute Gasteiger partial charge is 0.262 e. The van der Waals surface area contributed by atoms with Crippen molar-refractivity contribution in [3.63, 3.8) is 0 Å². The van der Waals surface area contributed by atoms with E-state index in [9.17, 15) is 9.59 Å². The second-order valence-corrected chi connectivity index (χ2v) is 9.07. The van der Waals surface area contributed by atoms with Crippen molar-refractivity contribution in [3.8, 4) is 0 Å². The van der Waals surface area contributed by atoms with Crippen LogP contribution in [0.25, 0.3) is 10.9 Å². The molecule has 0 saturated carbocycles. The van der Waals surface area contributed by atoms with Crippen LogP contribution in [0.4, 0.5) is 5.69 Å². The molecule has 1 aromatic heterocycles. The summed E-state index contributed by atoms with van der Waals surface area (Å²) in [6.45, 7) is 5.11. The van der Waals surface area contributed by atoms with Gasteiger partial charge >= 0.3 is 0 Å². The summed E-state index contributed by atoms with van der Waals surface area (Å²) in [6.07, 6.45) is 1.87. The molecule has 0 bridgehead atoms. The highest BCUT2D eigenvalue weighted by molar-refractivity contribution is 7.99. The molecule has 0 spiro atoms. The van der Waals surface area contributed by atoms with Crippen LogP contribution in [0.1, 0.15) is 24.0 Å². The molecule has 0 radical (unpaired) electrons. The molecule has 6 nitrogen and oxygen atoms in total. The van der Waals surface area contributed by atoms with Crippen LogP contribution < -0.4 is 10.9 Å². The highest BCUT2D eigenvalue weighted by Gasteiger charge is 2.21. The zero-order chi connectivity index (χ0) is 22.0. The van der Waals surface area contributed by atoms with Gasteiger partial charge in [0.25, 0.3) is 5.56 Å². The standard InChI is InChI=1S/C23H24ClN3O3S/c1-14-5-3-7-19(15(14)2)25-21(28)13-31-23-26-20-11-16(24)8-9-18(20)22(29)27(23)12-17-6-4-10-30-17/h3,5,7-9,11,17H,4,6,10,12-13H2,1-2H3,(H,25,28). The molecule has 1 N–H and O–H groups in total. The van der Waals surface area contributed by atoms with Crippen LogP contribution in [0, 0.1) is 13.8 Å². The minimum absolute atomic E-state index is 0.0210. The second kappa shape index (κ2) is 9.42. The van der Waals surface area contributed by atoms with E-state index >= 15 is 0 Å². The molecule has 0 aliphatic carbocycles. The second-order valence-electron chi connectivity index (χ2n) is 7.69. The molecule has 3 aromatic rings. The lowest BCUT2D eigenvalue weighted by molar-refractivity contribution is -0.113. The number of thioether (sulfide) groups is 1. The van der Waals surface area contributed by atoms with E-state index in [-0.39, 0.29) is 23.3 Å². The number of anilines is 1. The van der Waals surface area contributed by atoms with Gasteiger partial charge in [-0.1, -0.05) is 35.5 Å². The molecule has 8 heteroatoms. The Morgan fingerprint density at radius 2 is 2.16 bits per heavy atom. The number of ether oxygens (including phenoxy) is 1. The molecule has 1 saturated heterocycles. The Hall–Kier alpha value is -2.35. The topological polar surface area (TPSA) is 73.2 Å². The monoisotopic (exact) mass is 457 g/mol. The van der Waals surface area contributed by atoms with Crippen LogP contribution >= 0.6 is 23.4 Å². The van der Waals surface area contributed by atoms with E-state index in [1.54, 1.807) is 22.8 Å². The Bertz CT molecular complexity index is 1190. The third-order valence-corrected chi connectivity index (χ3v) is 6.72. The molecule has 2 heterocycles. The van der Waals surface area contributed by atoms with Gasteiger partial charge in [0.2, 0.25) is 5.91 Å². The number of rotatable bonds is 6. The number of aryl methyl sites for hydroxylation is 1. The maximum atomic E-state index is 13.2. The highest BCUT2D eigenvalue weighted by Crippen LogP contribution is 2.24. The number of hydrogen-bond donors (Lipinski definition) is 1. The Labute approximate surface area is 190 Å². The van der Waals surface area contributed by atoms with Gasteiger partial charge in [0.1, 0.15) is 0 Å². The van der Waals surface area contributed by atoms with E-state index in [0.29, 0.717) is 34.2 Å². The molecule has 1 atom stereocenters. The largest absolute Gasteiger partial charge is 0.376 e. The Morgan fingerprint density at radius 3 is 2.94 bits per heavy atom. The van der Waals surface area contributed by atoms with E-state index in [1.165, 1.54) is 11.8 Å². The summed E-state index contributed by atoms with van der Waals surface area (Å²) in [7, 11) is 0. The molecule has 1 aliphatic heterocycles. The SMILES string of the molecule is Cc1cccc(NC(=O)CSc2nc3cc(Cl)ccc3c(=O)n2CC2CCCO2)c1C. The molecular formula is C23H24ClN3O3S. The molecular weight excluding hydrogens is 434 g/mol. The molecule has 162 valence electrons. The number of nitrogens with one attached hydrogen (secondary N) is 1. The molecule has 1 fully saturated rings. The normalized spacial score (nSPS) is 16.0. The van der Waals surface area contributed by atoms with Crippen molar-refractivity contribution in [1.29, 1.82) is 0 Å². The number of aromatic nitrogens is 2. The minimum Gasteiger partial charge on any atom is -0.376 e. The van der Waals surface area contributed by atoms with Gasteiger partial charge < -0.3 is 10.1 Å². The molecule has 31 heavy (non-hydrogen) atoms. The van der Waals surface area contributed by atoms with Gasteiger partial charge in [0.15, 0.2) is 5.16 Å². The van der Waals surface area contributed by atoms with E-state index < -0.39 is 0 Å². The fourth-order valence-electron chi connectivity index (χ4n) is 3.64. The summed E-state index contributed by atoms with van der Waals surface area (Å²) in [6, 6.07) is 10.9. The van der Waals surface area contributed by atoms with Gasteiger partial charge in [-0.15, -0.1) is 0 Å². The summed E-state index contributed by atoms with van der Waals surface area (Å²) >= 11 is 7.35. The van der Waals surface area contributed by atoms with Crippen molar-refractivity contribution in [2.45, 2.75) is 44.5 Å². The van der Waals surface area contributed by atoms with Gasteiger partial charge in [-0.3, -0.25) is 14.2 Å². The molecule has 1 aliphatic rings. The Kier molecular flexibility index (Phi) is 6.65. The molecule has 2 aromatic carbocycles. The highest BCUT2D eigenvalue weighted by atomic mass is 35.5. The molecule has 4 rings (SSSR count). The Morgan fingerprint density at radius 1 is 1.32 bits per heavy atom. The number of halogens is 1. The molecule has 1 amide bonds. The van der Waals surface area contributed by atoms with Crippen molar-refractivity contribution in [2.75, 3.05) is 17.7 Å². The first kappa shape index (κ1) is 21.9. The van der Waals surface area contributed by atoms with Crippen LogP contribution in [0.15, 0.2) is 46.3 Å². The quantitative estimate of drug-likeness (QED) is 0.433. The number of amides is 1. The van der Waals surface area contributed by atoms with E-state index in [1.807, 2.05) is 32.0 Å². The summed E-state index contributed by atoms with van der Waals surface area (Å²) in [5.74, 6) is -0.0139. The van der Waals surface area contributed by atoms with Crippen LogP contribution in [0.5, 0.6) is 0 Å². The van der Waals surface area contributed by atoms with Gasteiger partial charge in [0.05, 0.1) is 29.3 Å². The lowest BCUT2D eigenvalue weighted by Crippen LogP contribution is -2.29. The minimum atomic E-state index is -0.150. The first-order chi connectivity index (χ1) is 14.9. The first-order valence-electron chi connectivity index (χ1n) is 10.2. The van der Waals surface area contributed by atoms with E-state index in [0.717, 1.165) is 29.7 Å². The number of benzene rings is 2. The van der Waals surface area contributed by atoms with Crippen molar-refractivity contribution in [2.24, 2.45) is 0 Å². The zero-order valence-electron chi connectivity index (χ0n) is 17.5. The number of carbonyl (C=O) groups excluding carboxylic acids is 1. The maximum Gasteiger partial charge on any atom is 0.262 e. The van der Waals surface area contributed by atoms with E-state index in [2.05, 4.69) is 10.3 Å². The number of nitrogens with zero attached hydrogens (tertiary/aromatic N) is 2. The summed E-state index contributed by atoms with van der Waals surface area (Å²) in [4.78, 5) is 30.4. The van der Waals surface area contributed by atoms with Crippen molar-refractivity contribution < 1.29 is 9.53 Å². The number of hydrogen-bond acceptors (Lipinski definition) is 5. The van der Waals surface area contributed by atoms with Gasteiger partial charge in [-0.05, 0) is 62.1 Å². The van der Waals surface area contributed by atoms with Crippen LogP contribution in [0.2, 0.25) is 5.02 Å². The first-order valence-corrected chi connectivity index (χ1v) is 11.6. The average molecular weight is 458 g/mol. The molecule has 1 unspecified atom stereocenters. The predicted molar refractivity (Wildman–Crippen MR) is 125 cm³/mol. The average Bonchev–Trinajstić information content (AvgIpc) is 3.25. The third kappa shape index (κ3) is 4.95. The fraction of sp³-hybridized carbons (Fsp3) is 0.348. The Balaban J connectivity index is 1.59. The van der Waals surface area contributed by atoms with Crippen LogP contribution in [-0.2, 0) is 16.1 Å². The maximum absolute atomic E-state index is 13.2. The summed E-state index contributed by atoms with van der Waals surface area (Å²) in [5, 5.41) is 4.47. The van der Waals surface area contributed by atoms with Crippen molar-refractivity contribution in [3.05, 3.63) is 62.9 Å². The van der Waals surface area contributed by atoms with Gasteiger partial charge in [-0.2, -0.15) is 0 Å². The third-order valence-electron chi connectivity index (χ3n) is 5.50. The zero-order valence-corrected chi connectivity index (χ0v) is 19.1. The summed E-state index contributed by atoms with van der Waals surface area (Å²) < 4.78 is 7.36.